The molecule has 1 aliphatic carbocycles. The van der Waals surface area contributed by atoms with Crippen LogP contribution in [0.3, 0.4) is 0 Å². The molecule has 1 heterocycles. The van der Waals surface area contributed by atoms with Crippen molar-refractivity contribution in [2.75, 3.05) is 5.32 Å². The van der Waals surface area contributed by atoms with Gasteiger partial charge in [-0.25, -0.2) is 14.4 Å². The summed E-state index contributed by atoms with van der Waals surface area (Å²) >= 11 is 0. The Bertz CT molecular complexity index is 304. The SMILES string of the molecule is CC1(Nc2ncc(F)cn2)CCCC1. The average molecular weight is 195 g/mol. The smallest absolute Gasteiger partial charge is 0.223 e. The Morgan fingerprint density at radius 3 is 2.43 bits per heavy atom. The number of anilines is 1. The lowest BCUT2D eigenvalue weighted by Crippen LogP contribution is -2.31. The Kier molecular flexibility index (Phi) is 2.35. The number of nitrogens with one attached hydrogen (secondary N) is 1. The molecule has 1 saturated carbocycles. The Balaban J connectivity index is 2.06. The van der Waals surface area contributed by atoms with E-state index in [2.05, 4.69) is 22.2 Å². The van der Waals surface area contributed by atoms with Crippen LogP contribution >= 0.6 is 0 Å². The molecule has 1 aromatic heterocycles. The van der Waals surface area contributed by atoms with Gasteiger partial charge in [-0.2, -0.15) is 0 Å². The molecule has 0 aliphatic heterocycles. The molecule has 0 aromatic carbocycles. The lowest BCUT2D eigenvalue weighted by atomic mass is 10.0. The molecule has 4 heteroatoms. The molecule has 1 aromatic rings. The van der Waals surface area contributed by atoms with Crippen molar-refractivity contribution in [2.24, 2.45) is 0 Å². The van der Waals surface area contributed by atoms with Gasteiger partial charge in [-0.05, 0) is 19.8 Å². The van der Waals surface area contributed by atoms with Gasteiger partial charge < -0.3 is 5.32 Å². The van der Waals surface area contributed by atoms with Gasteiger partial charge in [0.05, 0.1) is 12.4 Å². The summed E-state index contributed by atoms with van der Waals surface area (Å²) in [6.07, 6.45) is 7.12. The molecule has 0 atom stereocenters. The van der Waals surface area contributed by atoms with Crippen LogP contribution in [0.25, 0.3) is 0 Å². The summed E-state index contributed by atoms with van der Waals surface area (Å²) in [5.41, 5.74) is 0.0951. The third kappa shape index (κ3) is 2.00. The molecule has 1 fully saturated rings. The van der Waals surface area contributed by atoms with E-state index in [9.17, 15) is 4.39 Å². The minimum Gasteiger partial charge on any atom is -0.349 e. The molecular formula is C10H14FN3. The van der Waals surface area contributed by atoms with E-state index in [1.807, 2.05) is 0 Å². The zero-order chi connectivity index (χ0) is 10.0. The van der Waals surface area contributed by atoms with Gasteiger partial charge >= 0.3 is 0 Å². The van der Waals surface area contributed by atoms with E-state index in [4.69, 9.17) is 0 Å². The minimum atomic E-state index is -0.396. The number of hydrogen-bond acceptors (Lipinski definition) is 3. The lowest BCUT2D eigenvalue weighted by Gasteiger charge is -2.24. The van der Waals surface area contributed by atoms with Gasteiger partial charge in [0, 0.05) is 5.54 Å². The lowest BCUT2D eigenvalue weighted by molar-refractivity contribution is 0.526. The number of hydrogen-bond donors (Lipinski definition) is 1. The first kappa shape index (κ1) is 9.37. The molecular weight excluding hydrogens is 181 g/mol. The van der Waals surface area contributed by atoms with Gasteiger partial charge in [0.15, 0.2) is 5.82 Å². The first-order valence-corrected chi connectivity index (χ1v) is 4.94. The van der Waals surface area contributed by atoms with E-state index in [-0.39, 0.29) is 5.54 Å². The molecule has 0 amide bonds. The maximum absolute atomic E-state index is 12.5. The maximum Gasteiger partial charge on any atom is 0.223 e. The quantitative estimate of drug-likeness (QED) is 0.787. The van der Waals surface area contributed by atoms with Gasteiger partial charge in [-0.15, -0.1) is 0 Å². The van der Waals surface area contributed by atoms with Gasteiger partial charge in [-0.1, -0.05) is 12.8 Å². The van der Waals surface area contributed by atoms with E-state index in [1.165, 1.54) is 25.2 Å². The molecule has 3 nitrogen and oxygen atoms in total. The van der Waals surface area contributed by atoms with Gasteiger partial charge in [0.1, 0.15) is 0 Å². The summed E-state index contributed by atoms with van der Waals surface area (Å²) in [7, 11) is 0. The highest BCUT2D eigenvalue weighted by Gasteiger charge is 2.28. The number of halogens is 1. The van der Waals surface area contributed by atoms with Gasteiger partial charge in [0.2, 0.25) is 5.95 Å². The van der Waals surface area contributed by atoms with Crippen LogP contribution in [0.1, 0.15) is 32.6 Å². The predicted octanol–water partition coefficient (Wildman–Crippen LogP) is 2.36. The highest BCUT2D eigenvalue weighted by molar-refractivity contribution is 5.28. The number of aromatic nitrogens is 2. The fourth-order valence-electron chi connectivity index (χ4n) is 1.93. The number of rotatable bonds is 2. The van der Waals surface area contributed by atoms with Crippen molar-refractivity contribution in [1.82, 2.24) is 9.97 Å². The van der Waals surface area contributed by atoms with Crippen LogP contribution in [0.15, 0.2) is 12.4 Å². The molecule has 0 unspecified atom stereocenters. The Hall–Kier alpha value is -1.19. The highest BCUT2D eigenvalue weighted by atomic mass is 19.1. The standard InChI is InChI=1S/C10H14FN3/c1-10(4-2-3-5-10)14-9-12-6-8(11)7-13-9/h6-7H,2-5H2,1H3,(H,12,13,14). The van der Waals surface area contributed by atoms with E-state index >= 15 is 0 Å². The number of nitrogens with zero attached hydrogens (tertiary/aromatic N) is 2. The van der Waals surface area contributed by atoms with Gasteiger partial charge in [0.25, 0.3) is 0 Å². The van der Waals surface area contributed by atoms with E-state index in [1.54, 1.807) is 0 Å². The van der Waals surface area contributed by atoms with E-state index in [0.29, 0.717) is 5.95 Å². The summed E-state index contributed by atoms with van der Waals surface area (Å²) in [5, 5.41) is 3.26. The minimum absolute atomic E-state index is 0.0951. The van der Waals surface area contributed by atoms with Crippen LogP contribution in [0.4, 0.5) is 10.3 Å². The van der Waals surface area contributed by atoms with Gasteiger partial charge in [-0.3, -0.25) is 0 Å². The van der Waals surface area contributed by atoms with Crippen molar-refractivity contribution in [3.8, 4) is 0 Å². The topological polar surface area (TPSA) is 37.8 Å². The summed E-state index contributed by atoms with van der Waals surface area (Å²) in [6, 6.07) is 0. The van der Waals surface area contributed by atoms with Crippen LogP contribution in [0.2, 0.25) is 0 Å². The predicted molar refractivity (Wildman–Crippen MR) is 52.5 cm³/mol. The van der Waals surface area contributed by atoms with Crippen molar-refractivity contribution in [3.05, 3.63) is 18.2 Å². The summed E-state index contributed by atoms with van der Waals surface area (Å²) < 4.78 is 12.5. The second kappa shape index (κ2) is 3.52. The van der Waals surface area contributed by atoms with Crippen LogP contribution in [0, 0.1) is 5.82 Å². The van der Waals surface area contributed by atoms with E-state index < -0.39 is 5.82 Å². The zero-order valence-electron chi connectivity index (χ0n) is 8.26. The van der Waals surface area contributed by atoms with Crippen molar-refractivity contribution < 1.29 is 4.39 Å². The molecule has 1 aliphatic rings. The Morgan fingerprint density at radius 2 is 1.86 bits per heavy atom. The third-order valence-corrected chi connectivity index (χ3v) is 2.74. The molecule has 0 radical (unpaired) electrons. The second-order valence-corrected chi connectivity index (χ2v) is 4.12. The third-order valence-electron chi connectivity index (χ3n) is 2.74. The average Bonchev–Trinajstić information content (AvgIpc) is 2.57. The fourth-order valence-corrected chi connectivity index (χ4v) is 1.93. The second-order valence-electron chi connectivity index (χ2n) is 4.12. The van der Waals surface area contributed by atoms with Crippen molar-refractivity contribution in [1.29, 1.82) is 0 Å². The van der Waals surface area contributed by atoms with Crippen LogP contribution in [0.5, 0.6) is 0 Å². The normalized spacial score (nSPS) is 19.6. The monoisotopic (exact) mass is 195 g/mol. The first-order valence-electron chi connectivity index (χ1n) is 4.94. The molecule has 1 N–H and O–H groups in total. The maximum atomic E-state index is 12.5. The molecule has 0 bridgehead atoms. The van der Waals surface area contributed by atoms with Crippen molar-refractivity contribution >= 4 is 5.95 Å². The van der Waals surface area contributed by atoms with Crippen molar-refractivity contribution in [2.45, 2.75) is 38.1 Å². The molecule has 2 rings (SSSR count). The van der Waals surface area contributed by atoms with Crippen LogP contribution in [-0.2, 0) is 0 Å². The molecule has 76 valence electrons. The summed E-state index contributed by atoms with van der Waals surface area (Å²) in [5.74, 6) is 0.128. The van der Waals surface area contributed by atoms with Crippen molar-refractivity contribution in [3.63, 3.8) is 0 Å². The summed E-state index contributed by atoms with van der Waals surface area (Å²) in [6.45, 7) is 2.16. The van der Waals surface area contributed by atoms with E-state index in [0.717, 1.165) is 12.8 Å². The molecule has 0 spiro atoms. The Morgan fingerprint density at radius 1 is 1.29 bits per heavy atom. The van der Waals surface area contributed by atoms with Crippen LogP contribution in [-0.4, -0.2) is 15.5 Å². The fraction of sp³-hybridized carbons (Fsp3) is 0.600. The molecule has 14 heavy (non-hydrogen) atoms. The van der Waals surface area contributed by atoms with Crippen LogP contribution < -0.4 is 5.32 Å². The summed E-state index contributed by atoms with van der Waals surface area (Å²) in [4.78, 5) is 7.78. The first-order chi connectivity index (χ1) is 6.68. The Labute approximate surface area is 82.8 Å². The highest BCUT2D eigenvalue weighted by Crippen LogP contribution is 2.31. The largest absolute Gasteiger partial charge is 0.349 e. The molecule has 0 saturated heterocycles. The zero-order valence-corrected chi connectivity index (χ0v) is 8.26.